The van der Waals surface area contributed by atoms with E-state index in [9.17, 15) is 13.6 Å². The van der Waals surface area contributed by atoms with Gasteiger partial charge in [-0.25, -0.2) is 8.78 Å². The lowest BCUT2D eigenvalue weighted by molar-refractivity contribution is -0.121. The topological polar surface area (TPSA) is 37.3 Å². The molecule has 122 valence electrons. The van der Waals surface area contributed by atoms with Gasteiger partial charge >= 0.3 is 0 Å². The van der Waals surface area contributed by atoms with E-state index in [0.29, 0.717) is 12.0 Å². The largest absolute Gasteiger partial charge is 0.389 e. The number of carbonyl (C=O) groups excluding carboxylic acids is 1. The van der Waals surface area contributed by atoms with Gasteiger partial charge in [0.1, 0.15) is 18.2 Å². The van der Waals surface area contributed by atoms with Crippen molar-refractivity contribution in [2.75, 3.05) is 6.61 Å². The van der Waals surface area contributed by atoms with Crippen molar-refractivity contribution >= 4 is 5.78 Å². The Morgan fingerprint density at radius 1 is 0.913 bits per heavy atom. The fourth-order valence-electron chi connectivity index (χ4n) is 2.48. The molecule has 0 heterocycles. The van der Waals surface area contributed by atoms with Gasteiger partial charge in [0.15, 0.2) is 5.78 Å². The number of aliphatic hydroxyl groups excluding tert-OH is 1. The summed E-state index contributed by atoms with van der Waals surface area (Å²) in [5.41, 5.74) is 2.59. The average Bonchev–Trinajstić information content (AvgIpc) is 2.54. The van der Waals surface area contributed by atoms with Gasteiger partial charge in [0.25, 0.3) is 0 Å². The summed E-state index contributed by atoms with van der Waals surface area (Å²) < 4.78 is 26.3. The van der Waals surface area contributed by atoms with Crippen LogP contribution in [-0.2, 0) is 24.1 Å². The lowest BCUT2D eigenvalue weighted by Gasteiger charge is -2.05. The number of hydrogen-bond acceptors (Lipinski definition) is 2. The molecule has 0 unspecified atom stereocenters. The van der Waals surface area contributed by atoms with Crippen LogP contribution in [0.5, 0.6) is 0 Å². The van der Waals surface area contributed by atoms with Crippen LogP contribution in [0.4, 0.5) is 8.78 Å². The van der Waals surface area contributed by atoms with Gasteiger partial charge in [0.2, 0.25) is 0 Å². The standard InChI is InChI=1S/C19H20F2O2/c20-17-10-9-16(19(21)12-17)4-2-1-3-14-5-7-15(8-6-14)11-18(23)13-22/h5-10,12,22H,1-4,11,13H2. The number of halogens is 2. The van der Waals surface area contributed by atoms with Gasteiger partial charge in [-0.05, 0) is 48.4 Å². The zero-order chi connectivity index (χ0) is 16.7. The summed E-state index contributed by atoms with van der Waals surface area (Å²) >= 11 is 0. The van der Waals surface area contributed by atoms with Crippen LogP contribution in [0, 0.1) is 11.6 Å². The van der Waals surface area contributed by atoms with Crippen molar-refractivity contribution in [3.05, 3.63) is 70.8 Å². The van der Waals surface area contributed by atoms with Crippen molar-refractivity contribution in [1.29, 1.82) is 0 Å². The summed E-state index contributed by atoms with van der Waals surface area (Å²) in [6.07, 6.45) is 3.45. The van der Waals surface area contributed by atoms with Crippen LogP contribution in [0.15, 0.2) is 42.5 Å². The minimum absolute atomic E-state index is 0.195. The van der Waals surface area contributed by atoms with Gasteiger partial charge in [-0.1, -0.05) is 30.3 Å². The monoisotopic (exact) mass is 318 g/mol. The zero-order valence-electron chi connectivity index (χ0n) is 12.9. The van der Waals surface area contributed by atoms with E-state index in [1.807, 2.05) is 24.3 Å². The summed E-state index contributed by atoms with van der Waals surface area (Å²) in [5.74, 6) is -1.23. The molecule has 0 saturated carbocycles. The maximum Gasteiger partial charge on any atom is 0.162 e. The molecule has 0 aliphatic rings. The first-order valence-corrected chi connectivity index (χ1v) is 7.73. The molecule has 0 atom stereocenters. The molecular formula is C19H20F2O2. The number of carbonyl (C=O) groups is 1. The van der Waals surface area contributed by atoms with Gasteiger partial charge in [-0.15, -0.1) is 0 Å². The zero-order valence-corrected chi connectivity index (χ0v) is 12.9. The van der Waals surface area contributed by atoms with E-state index in [1.165, 1.54) is 12.1 Å². The van der Waals surface area contributed by atoms with E-state index < -0.39 is 18.2 Å². The Labute approximate surface area is 134 Å². The molecule has 0 aliphatic heterocycles. The number of aliphatic hydroxyl groups is 1. The molecule has 2 aromatic rings. The summed E-state index contributed by atoms with van der Waals surface area (Å²) in [7, 11) is 0. The van der Waals surface area contributed by atoms with Crippen molar-refractivity contribution < 1.29 is 18.7 Å². The highest BCUT2D eigenvalue weighted by atomic mass is 19.1. The van der Waals surface area contributed by atoms with Crippen molar-refractivity contribution in [3.63, 3.8) is 0 Å². The number of unbranched alkanes of at least 4 members (excludes halogenated alkanes) is 1. The highest BCUT2D eigenvalue weighted by Gasteiger charge is 2.04. The summed E-state index contributed by atoms with van der Waals surface area (Å²) in [4.78, 5) is 11.2. The summed E-state index contributed by atoms with van der Waals surface area (Å²) in [5, 5.41) is 8.73. The van der Waals surface area contributed by atoms with E-state index >= 15 is 0 Å². The fraction of sp³-hybridized carbons (Fsp3) is 0.316. The van der Waals surface area contributed by atoms with E-state index in [1.54, 1.807) is 0 Å². The van der Waals surface area contributed by atoms with Gasteiger partial charge in [0.05, 0.1) is 0 Å². The van der Waals surface area contributed by atoms with Crippen molar-refractivity contribution in [3.8, 4) is 0 Å². The molecule has 0 spiro atoms. The van der Waals surface area contributed by atoms with E-state index in [-0.39, 0.29) is 12.2 Å². The number of ketones is 1. The Hall–Kier alpha value is -2.07. The Morgan fingerprint density at radius 3 is 2.22 bits per heavy atom. The summed E-state index contributed by atoms with van der Waals surface area (Å²) in [6, 6.07) is 11.4. The average molecular weight is 318 g/mol. The lowest BCUT2D eigenvalue weighted by Crippen LogP contribution is -2.07. The fourth-order valence-corrected chi connectivity index (χ4v) is 2.48. The maximum absolute atomic E-state index is 13.5. The third-order valence-electron chi connectivity index (χ3n) is 3.78. The first-order chi connectivity index (χ1) is 11.1. The third-order valence-corrected chi connectivity index (χ3v) is 3.78. The lowest BCUT2D eigenvalue weighted by atomic mass is 10.0. The molecule has 0 bridgehead atoms. The predicted molar refractivity (Wildman–Crippen MR) is 85.2 cm³/mol. The highest BCUT2D eigenvalue weighted by Crippen LogP contribution is 2.14. The minimum Gasteiger partial charge on any atom is -0.389 e. The van der Waals surface area contributed by atoms with Gasteiger partial charge in [-0.3, -0.25) is 4.79 Å². The molecule has 1 N–H and O–H groups in total. The first kappa shape index (κ1) is 17.3. The van der Waals surface area contributed by atoms with Crippen molar-refractivity contribution in [1.82, 2.24) is 0 Å². The number of aryl methyl sites for hydroxylation is 2. The number of rotatable bonds is 8. The number of benzene rings is 2. The number of hydrogen-bond donors (Lipinski definition) is 1. The predicted octanol–water partition coefficient (Wildman–Crippen LogP) is 3.63. The molecule has 0 fully saturated rings. The molecule has 0 amide bonds. The Bertz CT molecular complexity index is 651. The second kappa shape index (κ2) is 8.53. The van der Waals surface area contributed by atoms with Gasteiger partial charge < -0.3 is 5.11 Å². The van der Waals surface area contributed by atoms with Crippen molar-refractivity contribution in [2.24, 2.45) is 0 Å². The van der Waals surface area contributed by atoms with Crippen LogP contribution in [0.2, 0.25) is 0 Å². The van der Waals surface area contributed by atoms with Crippen LogP contribution >= 0.6 is 0 Å². The Morgan fingerprint density at radius 2 is 1.57 bits per heavy atom. The molecule has 2 aromatic carbocycles. The molecule has 0 aromatic heterocycles. The molecule has 2 nitrogen and oxygen atoms in total. The Balaban J connectivity index is 1.76. The SMILES string of the molecule is O=C(CO)Cc1ccc(CCCCc2ccc(F)cc2F)cc1. The van der Waals surface area contributed by atoms with E-state index in [2.05, 4.69) is 0 Å². The quantitative estimate of drug-likeness (QED) is 0.755. The molecule has 0 saturated heterocycles. The smallest absolute Gasteiger partial charge is 0.162 e. The second-order valence-electron chi connectivity index (χ2n) is 5.63. The van der Waals surface area contributed by atoms with Gasteiger partial charge in [0, 0.05) is 12.5 Å². The van der Waals surface area contributed by atoms with Crippen LogP contribution in [0.1, 0.15) is 29.5 Å². The third kappa shape index (κ3) is 5.57. The highest BCUT2D eigenvalue weighted by molar-refractivity contribution is 5.81. The summed E-state index contributed by atoms with van der Waals surface area (Å²) in [6.45, 7) is -0.429. The second-order valence-corrected chi connectivity index (χ2v) is 5.63. The minimum atomic E-state index is -0.550. The molecule has 0 radical (unpaired) electrons. The normalized spacial score (nSPS) is 10.7. The van der Waals surface area contributed by atoms with E-state index in [0.717, 1.165) is 36.5 Å². The van der Waals surface area contributed by atoms with Crippen LogP contribution in [0.25, 0.3) is 0 Å². The molecule has 2 rings (SSSR count). The van der Waals surface area contributed by atoms with E-state index in [4.69, 9.17) is 5.11 Å². The molecule has 23 heavy (non-hydrogen) atoms. The maximum atomic E-state index is 13.5. The van der Waals surface area contributed by atoms with Crippen LogP contribution < -0.4 is 0 Å². The van der Waals surface area contributed by atoms with Crippen LogP contribution in [-0.4, -0.2) is 17.5 Å². The van der Waals surface area contributed by atoms with Gasteiger partial charge in [-0.2, -0.15) is 0 Å². The molecule has 0 aliphatic carbocycles. The van der Waals surface area contributed by atoms with Crippen LogP contribution in [0.3, 0.4) is 0 Å². The first-order valence-electron chi connectivity index (χ1n) is 7.73. The number of Topliss-reactive ketones (excluding diaryl/α,β-unsaturated/α-hetero) is 1. The Kier molecular flexibility index (Phi) is 6.41. The molecular weight excluding hydrogens is 298 g/mol. The molecule has 4 heteroatoms. The van der Waals surface area contributed by atoms with Crippen molar-refractivity contribution in [2.45, 2.75) is 32.1 Å².